The number of nitrogens with zero attached hydrogens (tertiary/aromatic N) is 3. The first-order chi connectivity index (χ1) is 13.9. The van der Waals surface area contributed by atoms with Crippen LogP contribution in [0.4, 0.5) is 11.4 Å². The average Bonchev–Trinajstić information content (AvgIpc) is 2.75. The molecule has 1 aliphatic rings. The molecule has 1 saturated heterocycles. The maximum atomic E-state index is 11.6. The SMILES string of the molecule is [C-]#[N+]c1ccc(CN2CCC(O)(CN(C)c3ccc(C(=O)OC)cc3)CC2)cc1. The number of aliphatic hydroxyl groups is 1. The molecule has 0 saturated carbocycles. The van der Waals surface area contributed by atoms with Crippen molar-refractivity contribution in [1.82, 2.24) is 4.90 Å². The number of esters is 1. The molecule has 2 aromatic rings. The summed E-state index contributed by atoms with van der Waals surface area (Å²) in [7, 11) is 3.32. The maximum absolute atomic E-state index is 11.6. The number of anilines is 1. The van der Waals surface area contributed by atoms with Crippen LogP contribution in [-0.4, -0.2) is 55.4 Å². The van der Waals surface area contributed by atoms with E-state index in [2.05, 4.69) is 9.74 Å². The molecule has 6 nitrogen and oxygen atoms in total. The molecule has 1 heterocycles. The molecule has 29 heavy (non-hydrogen) atoms. The van der Waals surface area contributed by atoms with E-state index in [0.29, 0.717) is 30.6 Å². The fourth-order valence-corrected chi connectivity index (χ4v) is 3.72. The molecule has 2 aromatic carbocycles. The summed E-state index contributed by atoms with van der Waals surface area (Å²) in [5, 5.41) is 11.1. The van der Waals surface area contributed by atoms with Crippen LogP contribution in [0, 0.1) is 6.57 Å². The van der Waals surface area contributed by atoms with Crippen LogP contribution in [0.1, 0.15) is 28.8 Å². The first-order valence-corrected chi connectivity index (χ1v) is 9.73. The van der Waals surface area contributed by atoms with Gasteiger partial charge < -0.3 is 14.7 Å². The molecule has 152 valence electrons. The van der Waals surface area contributed by atoms with Crippen LogP contribution in [0.3, 0.4) is 0 Å². The first-order valence-electron chi connectivity index (χ1n) is 9.73. The lowest BCUT2D eigenvalue weighted by Crippen LogP contribution is -2.50. The van der Waals surface area contributed by atoms with Gasteiger partial charge in [-0.25, -0.2) is 9.64 Å². The summed E-state index contributed by atoms with van der Waals surface area (Å²) < 4.78 is 4.73. The number of hydrogen-bond acceptors (Lipinski definition) is 5. The Morgan fingerprint density at radius 3 is 2.34 bits per heavy atom. The second-order valence-corrected chi connectivity index (χ2v) is 7.67. The summed E-state index contributed by atoms with van der Waals surface area (Å²) in [6.07, 6.45) is 1.41. The molecule has 0 aliphatic carbocycles. The molecule has 3 rings (SSSR count). The van der Waals surface area contributed by atoms with Crippen molar-refractivity contribution in [3.63, 3.8) is 0 Å². The van der Waals surface area contributed by atoms with Gasteiger partial charge in [-0.3, -0.25) is 4.90 Å². The Kier molecular flexibility index (Phi) is 6.53. The molecular formula is C23H27N3O3. The van der Waals surface area contributed by atoms with E-state index in [4.69, 9.17) is 11.3 Å². The Morgan fingerprint density at radius 2 is 1.79 bits per heavy atom. The molecule has 1 fully saturated rings. The van der Waals surface area contributed by atoms with Gasteiger partial charge in [-0.1, -0.05) is 24.3 Å². The molecule has 0 amide bonds. The van der Waals surface area contributed by atoms with E-state index in [1.54, 1.807) is 12.1 Å². The lowest BCUT2D eigenvalue weighted by molar-refractivity contribution is -0.0159. The molecule has 0 bridgehead atoms. The first kappa shape index (κ1) is 20.8. The molecule has 1 N–H and O–H groups in total. The number of likely N-dealkylation sites (N-methyl/N-ethyl adjacent to an activating group) is 1. The largest absolute Gasteiger partial charge is 0.465 e. The van der Waals surface area contributed by atoms with Crippen LogP contribution in [0.25, 0.3) is 4.85 Å². The zero-order valence-corrected chi connectivity index (χ0v) is 17.0. The monoisotopic (exact) mass is 393 g/mol. The van der Waals surface area contributed by atoms with Crippen molar-refractivity contribution in [2.45, 2.75) is 25.0 Å². The zero-order chi connectivity index (χ0) is 20.9. The van der Waals surface area contributed by atoms with Crippen molar-refractivity contribution in [3.8, 4) is 0 Å². The van der Waals surface area contributed by atoms with Crippen LogP contribution in [0.2, 0.25) is 0 Å². The quantitative estimate of drug-likeness (QED) is 0.601. The molecule has 0 radical (unpaired) electrons. The fourth-order valence-electron chi connectivity index (χ4n) is 3.72. The predicted octanol–water partition coefficient (Wildman–Crippen LogP) is 3.49. The fraction of sp³-hybridized carbons (Fsp3) is 0.391. The highest BCUT2D eigenvalue weighted by Crippen LogP contribution is 2.26. The summed E-state index contributed by atoms with van der Waals surface area (Å²) in [6.45, 7) is 10.1. The van der Waals surface area contributed by atoms with E-state index >= 15 is 0 Å². The number of likely N-dealkylation sites (tertiary alicyclic amines) is 1. The van der Waals surface area contributed by atoms with Crippen molar-refractivity contribution in [2.75, 3.05) is 38.7 Å². The van der Waals surface area contributed by atoms with E-state index in [1.165, 1.54) is 12.7 Å². The van der Waals surface area contributed by atoms with E-state index < -0.39 is 5.60 Å². The average molecular weight is 393 g/mol. The number of benzene rings is 2. The number of ether oxygens (including phenoxy) is 1. The molecule has 0 spiro atoms. The minimum Gasteiger partial charge on any atom is -0.465 e. The molecule has 0 atom stereocenters. The van der Waals surface area contributed by atoms with Crippen molar-refractivity contribution in [2.24, 2.45) is 0 Å². The van der Waals surface area contributed by atoms with Crippen LogP contribution in [-0.2, 0) is 11.3 Å². The summed E-state index contributed by atoms with van der Waals surface area (Å²) >= 11 is 0. The van der Waals surface area contributed by atoms with E-state index in [9.17, 15) is 9.90 Å². The molecular weight excluding hydrogens is 366 g/mol. The predicted molar refractivity (Wildman–Crippen MR) is 113 cm³/mol. The Balaban J connectivity index is 1.53. The van der Waals surface area contributed by atoms with Gasteiger partial charge in [0, 0.05) is 38.9 Å². The number of methoxy groups -OCH3 is 1. The number of rotatable bonds is 6. The molecule has 0 aromatic heterocycles. The van der Waals surface area contributed by atoms with Gasteiger partial charge in [0.25, 0.3) is 0 Å². The second kappa shape index (κ2) is 9.08. The Bertz CT molecular complexity index is 864. The topological polar surface area (TPSA) is 57.4 Å². The van der Waals surface area contributed by atoms with Gasteiger partial charge in [-0.2, -0.15) is 0 Å². The van der Waals surface area contributed by atoms with Gasteiger partial charge in [-0.05, 0) is 42.7 Å². The lowest BCUT2D eigenvalue weighted by Gasteiger charge is -2.40. The highest BCUT2D eigenvalue weighted by Gasteiger charge is 2.33. The van der Waals surface area contributed by atoms with Gasteiger partial charge in [0.1, 0.15) is 0 Å². The van der Waals surface area contributed by atoms with Crippen molar-refractivity contribution in [3.05, 3.63) is 71.1 Å². The molecule has 6 heteroatoms. The third-order valence-corrected chi connectivity index (χ3v) is 5.52. The lowest BCUT2D eigenvalue weighted by atomic mass is 9.90. The Morgan fingerprint density at radius 1 is 1.17 bits per heavy atom. The van der Waals surface area contributed by atoms with Gasteiger partial charge in [0.05, 0.1) is 24.8 Å². The second-order valence-electron chi connectivity index (χ2n) is 7.67. The normalized spacial score (nSPS) is 16.1. The van der Waals surface area contributed by atoms with Crippen molar-refractivity contribution >= 4 is 17.3 Å². The van der Waals surface area contributed by atoms with Crippen LogP contribution < -0.4 is 4.90 Å². The minimum absolute atomic E-state index is 0.353. The third-order valence-electron chi connectivity index (χ3n) is 5.52. The number of carbonyl (C=O) groups is 1. The highest BCUT2D eigenvalue weighted by atomic mass is 16.5. The molecule has 1 aliphatic heterocycles. The number of hydrogen-bond donors (Lipinski definition) is 1. The van der Waals surface area contributed by atoms with Crippen molar-refractivity contribution in [1.29, 1.82) is 0 Å². The van der Waals surface area contributed by atoms with E-state index in [-0.39, 0.29) is 5.97 Å². The van der Waals surface area contributed by atoms with E-state index in [1.807, 2.05) is 48.3 Å². The number of carbonyl (C=O) groups excluding carboxylic acids is 1. The summed E-state index contributed by atoms with van der Waals surface area (Å²) in [5.74, 6) is -0.353. The van der Waals surface area contributed by atoms with Crippen LogP contribution >= 0.6 is 0 Å². The smallest absolute Gasteiger partial charge is 0.337 e. The van der Waals surface area contributed by atoms with Gasteiger partial charge in [-0.15, -0.1) is 0 Å². The third kappa shape index (κ3) is 5.35. The van der Waals surface area contributed by atoms with E-state index in [0.717, 1.165) is 25.3 Å². The van der Waals surface area contributed by atoms with Gasteiger partial charge >= 0.3 is 5.97 Å². The Hall–Kier alpha value is -2.88. The standard InChI is InChI=1S/C23H27N3O3/c1-24-20-8-4-18(5-9-20)16-26-14-12-23(28,13-15-26)17-25(2)21-10-6-19(7-11-21)22(27)29-3/h4-11,28H,12-17H2,2-3H3. The summed E-state index contributed by atoms with van der Waals surface area (Å²) in [4.78, 5) is 19.4. The minimum atomic E-state index is -0.736. The van der Waals surface area contributed by atoms with Crippen LogP contribution in [0.5, 0.6) is 0 Å². The maximum Gasteiger partial charge on any atom is 0.337 e. The summed E-state index contributed by atoms with van der Waals surface area (Å²) in [5.41, 5.74) is 2.57. The summed E-state index contributed by atoms with van der Waals surface area (Å²) in [6, 6.07) is 14.9. The van der Waals surface area contributed by atoms with Crippen LogP contribution in [0.15, 0.2) is 48.5 Å². The molecule has 0 unspecified atom stereocenters. The van der Waals surface area contributed by atoms with Gasteiger partial charge in [0.2, 0.25) is 0 Å². The zero-order valence-electron chi connectivity index (χ0n) is 17.0. The van der Waals surface area contributed by atoms with Gasteiger partial charge in [0.15, 0.2) is 5.69 Å². The Labute approximate surface area is 172 Å². The number of piperidine rings is 1. The highest BCUT2D eigenvalue weighted by molar-refractivity contribution is 5.89. The van der Waals surface area contributed by atoms with Crippen molar-refractivity contribution < 1.29 is 14.6 Å².